The first-order valence-electron chi connectivity index (χ1n) is 10.8. The molecular weight excluding hydrogens is 482 g/mol. The molecule has 0 fully saturated rings. The third-order valence-corrected chi connectivity index (χ3v) is 5.43. The van der Waals surface area contributed by atoms with Crippen LogP contribution in [-0.4, -0.2) is 30.8 Å². The minimum atomic E-state index is -0.451. The largest absolute Gasteiger partial charge is 0.455 e. The molecule has 0 spiro atoms. The third kappa shape index (κ3) is 4.84. The van der Waals surface area contributed by atoms with E-state index in [0.29, 0.717) is 44.9 Å². The minimum absolute atomic E-state index is 0.369. The molecule has 10 nitrogen and oxygen atoms in total. The second-order valence-corrected chi connectivity index (χ2v) is 8.34. The molecule has 0 bridgehead atoms. The van der Waals surface area contributed by atoms with Crippen LogP contribution in [0.5, 0.6) is 11.5 Å². The fourth-order valence-corrected chi connectivity index (χ4v) is 3.59. The van der Waals surface area contributed by atoms with Gasteiger partial charge in [-0.05, 0) is 61.0 Å². The molecule has 2 aromatic carbocycles. The zero-order chi connectivity index (χ0) is 25.2. The van der Waals surface area contributed by atoms with Gasteiger partial charge in [-0.2, -0.15) is 5.10 Å². The van der Waals surface area contributed by atoms with Crippen LogP contribution in [0.15, 0.2) is 78.2 Å². The van der Waals surface area contributed by atoms with Gasteiger partial charge in [0, 0.05) is 29.0 Å². The van der Waals surface area contributed by atoms with Crippen LogP contribution in [0.25, 0.3) is 22.4 Å². The summed E-state index contributed by atoms with van der Waals surface area (Å²) in [7, 11) is 0. The van der Waals surface area contributed by atoms with Gasteiger partial charge in [0.1, 0.15) is 17.1 Å². The molecule has 0 aliphatic carbocycles. The Morgan fingerprint density at radius 2 is 1.81 bits per heavy atom. The molecular formula is C25H20ClN7O3. The van der Waals surface area contributed by atoms with Crippen molar-refractivity contribution in [3.05, 3.63) is 94.6 Å². The van der Waals surface area contributed by atoms with Crippen LogP contribution < -0.4 is 21.1 Å². The van der Waals surface area contributed by atoms with E-state index in [0.717, 1.165) is 11.3 Å². The van der Waals surface area contributed by atoms with E-state index >= 15 is 0 Å². The van der Waals surface area contributed by atoms with Crippen molar-refractivity contribution in [1.82, 2.24) is 24.7 Å². The van der Waals surface area contributed by atoms with Gasteiger partial charge in [-0.15, -0.1) is 0 Å². The minimum Gasteiger partial charge on any atom is -0.455 e. The zero-order valence-electron chi connectivity index (χ0n) is 19.0. The van der Waals surface area contributed by atoms with Crippen molar-refractivity contribution < 1.29 is 9.53 Å². The molecule has 0 saturated heterocycles. The first-order chi connectivity index (χ1) is 17.4. The molecule has 11 heteroatoms. The van der Waals surface area contributed by atoms with Gasteiger partial charge < -0.3 is 15.0 Å². The molecule has 0 aliphatic heterocycles. The zero-order valence-corrected chi connectivity index (χ0v) is 19.8. The highest BCUT2D eigenvalue weighted by Gasteiger charge is 2.14. The van der Waals surface area contributed by atoms with E-state index in [9.17, 15) is 9.59 Å². The summed E-state index contributed by atoms with van der Waals surface area (Å²) >= 11 is 6.00. The maximum atomic E-state index is 12.7. The Morgan fingerprint density at radius 1 is 1.06 bits per heavy atom. The molecule has 0 unspecified atom stereocenters. The van der Waals surface area contributed by atoms with Gasteiger partial charge in [0.25, 0.3) is 0 Å². The van der Waals surface area contributed by atoms with Crippen LogP contribution in [0.1, 0.15) is 12.6 Å². The monoisotopic (exact) mass is 501 g/mol. The number of H-pyrrole nitrogens is 2. The van der Waals surface area contributed by atoms with Gasteiger partial charge >= 0.3 is 11.7 Å². The second kappa shape index (κ2) is 9.43. The number of hydrogen-bond acceptors (Lipinski definition) is 5. The number of hydrogen-bond donors (Lipinski definition) is 4. The number of rotatable bonds is 6. The van der Waals surface area contributed by atoms with Crippen molar-refractivity contribution in [2.45, 2.75) is 6.92 Å². The summed E-state index contributed by atoms with van der Waals surface area (Å²) in [5, 5.41) is 10.7. The number of nitrogens with zero attached hydrogens (tertiary/aromatic N) is 3. The van der Waals surface area contributed by atoms with Crippen LogP contribution >= 0.6 is 11.6 Å². The number of ether oxygens (including phenoxy) is 1. The maximum Gasteiger partial charge on any atom is 0.325 e. The van der Waals surface area contributed by atoms with E-state index in [2.05, 4.69) is 37.3 Å². The Kier molecular flexibility index (Phi) is 6.01. The van der Waals surface area contributed by atoms with Crippen LogP contribution in [0.3, 0.4) is 0 Å². The molecule has 0 saturated carbocycles. The quantitative estimate of drug-likeness (QED) is 0.242. The van der Waals surface area contributed by atoms with Gasteiger partial charge in [-0.3, -0.25) is 10.3 Å². The Balaban J connectivity index is 1.30. The number of amides is 2. The highest BCUT2D eigenvalue weighted by atomic mass is 35.5. The molecule has 5 aromatic rings. The highest BCUT2D eigenvalue weighted by Crippen LogP contribution is 2.27. The average molecular weight is 502 g/mol. The summed E-state index contributed by atoms with van der Waals surface area (Å²) in [5.41, 5.74) is 3.19. The van der Waals surface area contributed by atoms with Crippen molar-refractivity contribution >= 4 is 45.9 Å². The number of carbonyl (C=O) groups excluding carboxylic acids is 1. The van der Waals surface area contributed by atoms with Gasteiger partial charge in [-0.25, -0.2) is 19.3 Å². The predicted molar refractivity (Wildman–Crippen MR) is 139 cm³/mol. The fourth-order valence-electron chi connectivity index (χ4n) is 3.47. The summed E-state index contributed by atoms with van der Waals surface area (Å²) < 4.78 is 7.48. The summed E-state index contributed by atoms with van der Waals surface area (Å²) in [6.07, 6.45) is 1.54. The lowest BCUT2D eigenvalue weighted by Crippen LogP contribution is -2.21. The van der Waals surface area contributed by atoms with Gasteiger partial charge in [0.15, 0.2) is 11.4 Å². The number of halogens is 1. The van der Waals surface area contributed by atoms with Gasteiger partial charge in [0.2, 0.25) is 0 Å². The number of imidazole rings is 1. The number of aromatic amines is 2. The normalized spacial score (nSPS) is 10.8. The average Bonchev–Trinajstić information content (AvgIpc) is 3.44. The fraction of sp³-hybridized carbons (Fsp3) is 0.0400. The van der Waals surface area contributed by atoms with Crippen molar-refractivity contribution in [2.24, 2.45) is 0 Å². The number of fused-ring (bicyclic) bond motifs is 1. The molecule has 3 aromatic heterocycles. The van der Waals surface area contributed by atoms with E-state index < -0.39 is 6.03 Å². The van der Waals surface area contributed by atoms with E-state index in [1.54, 1.807) is 65.3 Å². The number of carbonyl (C=O) groups is 1. The third-order valence-electron chi connectivity index (χ3n) is 5.18. The van der Waals surface area contributed by atoms with E-state index in [4.69, 9.17) is 16.3 Å². The number of anilines is 2. The van der Waals surface area contributed by atoms with Crippen molar-refractivity contribution in [3.63, 3.8) is 0 Å². The molecule has 4 N–H and O–H groups in total. The molecule has 5 rings (SSSR count). The number of nitrogens with one attached hydrogen (secondary N) is 4. The number of urea groups is 1. The van der Waals surface area contributed by atoms with Crippen molar-refractivity contribution in [3.8, 4) is 17.2 Å². The van der Waals surface area contributed by atoms with E-state index in [1.807, 2.05) is 6.92 Å². The second-order valence-electron chi connectivity index (χ2n) is 7.90. The molecule has 0 aliphatic rings. The lowest BCUT2D eigenvalue weighted by molar-refractivity contribution is 0.262. The lowest BCUT2D eigenvalue weighted by Gasteiger charge is -2.11. The molecule has 36 heavy (non-hydrogen) atoms. The highest BCUT2D eigenvalue weighted by molar-refractivity contribution is 6.30. The predicted octanol–water partition coefficient (Wildman–Crippen LogP) is 5.56. The Morgan fingerprint density at radius 3 is 2.53 bits per heavy atom. The summed E-state index contributed by atoms with van der Waals surface area (Å²) in [6, 6.07) is 16.8. The first-order valence-corrected chi connectivity index (χ1v) is 11.2. The van der Waals surface area contributed by atoms with Crippen molar-refractivity contribution in [1.29, 1.82) is 0 Å². The molecule has 180 valence electrons. The van der Waals surface area contributed by atoms with Crippen LogP contribution in [0.2, 0.25) is 5.02 Å². The summed E-state index contributed by atoms with van der Waals surface area (Å²) in [6.45, 7) is 5.77. The molecule has 0 radical (unpaired) electrons. The van der Waals surface area contributed by atoms with Crippen LogP contribution in [-0.2, 0) is 0 Å². The SMILES string of the molecule is C=C(C)c1cc(NC(=O)Nc2ccc(Oc3ccnc4[nH]c(=O)[nH]c34)cc2)n(-c2ccc(Cl)cc2)n1. The number of aromatic nitrogens is 5. The molecule has 3 heterocycles. The number of pyridine rings is 1. The first kappa shape index (κ1) is 22.9. The van der Waals surface area contributed by atoms with Gasteiger partial charge in [-0.1, -0.05) is 18.2 Å². The molecule has 2 amide bonds. The van der Waals surface area contributed by atoms with Crippen LogP contribution in [0, 0.1) is 0 Å². The number of allylic oxidation sites excluding steroid dienone is 1. The van der Waals surface area contributed by atoms with Crippen LogP contribution in [0.4, 0.5) is 16.3 Å². The standard InChI is InChI=1S/C25H20ClN7O3/c1-14(2)19-13-21(33(32-19)17-7-3-15(26)4-8-17)29-24(34)28-16-5-9-18(10-6-16)36-20-11-12-27-23-22(20)30-25(35)31-23/h3-13H,1H2,2H3,(H2,28,29,34)(H2,27,30,31,35). The Bertz CT molecular complexity index is 1630. The summed E-state index contributed by atoms with van der Waals surface area (Å²) in [5.74, 6) is 1.43. The summed E-state index contributed by atoms with van der Waals surface area (Å²) in [4.78, 5) is 33.6. The topological polar surface area (TPSA) is 130 Å². The van der Waals surface area contributed by atoms with Gasteiger partial charge in [0.05, 0.1) is 11.4 Å². The smallest absolute Gasteiger partial charge is 0.325 e. The molecule has 0 atom stereocenters. The Labute approximate surface area is 209 Å². The Hall–Kier alpha value is -4.83. The maximum absolute atomic E-state index is 12.7. The van der Waals surface area contributed by atoms with E-state index in [-0.39, 0.29) is 5.69 Å². The lowest BCUT2D eigenvalue weighted by atomic mass is 10.2. The van der Waals surface area contributed by atoms with Crippen molar-refractivity contribution in [2.75, 3.05) is 10.6 Å². The van der Waals surface area contributed by atoms with E-state index in [1.165, 1.54) is 6.20 Å². The number of benzene rings is 2.